The summed E-state index contributed by atoms with van der Waals surface area (Å²) in [6, 6.07) is 5.57. The molecule has 2 bridgehead atoms. The minimum Gasteiger partial charge on any atom is -0.489 e. The monoisotopic (exact) mass is 354 g/mol. The topological polar surface area (TPSA) is 77.3 Å². The molecule has 2 aliphatic heterocycles. The Morgan fingerprint density at radius 2 is 2.08 bits per heavy atom. The van der Waals surface area contributed by atoms with Gasteiger partial charge < -0.3 is 9.64 Å². The number of carbonyl (C=O) groups excluding carboxylic acids is 1. The summed E-state index contributed by atoms with van der Waals surface area (Å²) in [4.78, 5) is 35.0. The van der Waals surface area contributed by atoms with Crippen LogP contribution in [0.25, 0.3) is 0 Å². The Morgan fingerprint density at radius 1 is 1.31 bits per heavy atom. The van der Waals surface area contributed by atoms with E-state index in [-0.39, 0.29) is 36.2 Å². The van der Waals surface area contributed by atoms with Crippen LogP contribution in [-0.4, -0.2) is 43.5 Å². The molecule has 0 spiro atoms. The third kappa shape index (κ3) is 3.34. The lowest BCUT2D eigenvalue weighted by Crippen LogP contribution is -2.50. The van der Waals surface area contributed by atoms with Crippen LogP contribution in [0, 0.1) is 6.92 Å². The predicted molar refractivity (Wildman–Crippen MR) is 94.8 cm³/mol. The van der Waals surface area contributed by atoms with Gasteiger partial charge in [-0.15, -0.1) is 0 Å². The number of hydrogen-bond acceptors (Lipinski definition) is 5. The summed E-state index contributed by atoms with van der Waals surface area (Å²) in [5, 5.41) is 0. The molecule has 7 heteroatoms. The normalized spacial score (nSPS) is 24.5. The fraction of sp³-hybridized carbons (Fsp3) is 0.474. The van der Waals surface area contributed by atoms with Gasteiger partial charge in [0, 0.05) is 42.9 Å². The first kappa shape index (κ1) is 16.8. The number of piperidine rings is 1. The van der Waals surface area contributed by atoms with Gasteiger partial charge >= 0.3 is 0 Å². The van der Waals surface area contributed by atoms with E-state index in [1.807, 2.05) is 17.0 Å². The highest BCUT2D eigenvalue weighted by atomic mass is 16.5. The third-order valence-electron chi connectivity index (χ3n) is 5.24. The van der Waals surface area contributed by atoms with Crippen LogP contribution in [0.5, 0.6) is 5.75 Å². The number of hydrogen-bond donors (Lipinski definition) is 0. The van der Waals surface area contributed by atoms with Crippen LogP contribution in [0.2, 0.25) is 0 Å². The molecule has 2 aromatic heterocycles. The first-order chi connectivity index (χ1) is 12.6. The Morgan fingerprint density at radius 3 is 2.73 bits per heavy atom. The second-order valence-electron chi connectivity index (χ2n) is 7.08. The predicted octanol–water partition coefficient (Wildman–Crippen LogP) is 1.55. The number of ether oxygens (including phenoxy) is 1. The molecule has 1 amide bonds. The van der Waals surface area contributed by atoms with Crippen molar-refractivity contribution in [2.45, 2.75) is 57.3 Å². The van der Waals surface area contributed by atoms with Gasteiger partial charge in [0.25, 0.3) is 5.56 Å². The SMILES string of the molecule is Cc1cc(=O)n(CC(=O)N2C3CCC2CC(Oc2cccnc2)C3)cn1. The van der Waals surface area contributed by atoms with Gasteiger partial charge in [-0.3, -0.25) is 19.1 Å². The molecule has 4 heterocycles. The molecule has 7 nitrogen and oxygen atoms in total. The number of nitrogens with zero attached hydrogens (tertiary/aromatic N) is 4. The van der Waals surface area contributed by atoms with E-state index in [2.05, 4.69) is 9.97 Å². The van der Waals surface area contributed by atoms with Crippen molar-refractivity contribution < 1.29 is 9.53 Å². The quantitative estimate of drug-likeness (QED) is 0.832. The Balaban J connectivity index is 1.43. The molecule has 136 valence electrons. The molecular weight excluding hydrogens is 332 g/mol. The van der Waals surface area contributed by atoms with Gasteiger partial charge in [0.15, 0.2) is 0 Å². The number of carbonyl (C=O) groups is 1. The summed E-state index contributed by atoms with van der Waals surface area (Å²) < 4.78 is 7.43. The summed E-state index contributed by atoms with van der Waals surface area (Å²) in [6.45, 7) is 1.81. The van der Waals surface area contributed by atoms with Crippen LogP contribution < -0.4 is 10.3 Å². The molecule has 2 unspecified atom stereocenters. The molecule has 0 saturated carbocycles. The van der Waals surface area contributed by atoms with Crippen molar-refractivity contribution in [2.24, 2.45) is 0 Å². The largest absolute Gasteiger partial charge is 0.489 e. The Bertz CT molecular complexity index is 837. The van der Waals surface area contributed by atoms with Crippen molar-refractivity contribution in [1.82, 2.24) is 19.4 Å². The molecule has 0 radical (unpaired) electrons. The zero-order valence-electron chi connectivity index (χ0n) is 14.7. The van der Waals surface area contributed by atoms with E-state index < -0.39 is 0 Å². The summed E-state index contributed by atoms with van der Waals surface area (Å²) in [7, 11) is 0. The molecular formula is C19H22N4O3. The minimum absolute atomic E-state index is 0.00918. The number of rotatable bonds is 4. The van der Waals surface area contributed by atoms with Crippen molar-refractivity contribution in [1.29, 1.82) is 0 Å². The lowest BCUT2D eigenvalue weighted by Gasteiger charge is -2.39. The Kier molecular flexibility index (Phi) is 4.44. The maximum Gasteiger partial charge on any atom is 0.253 e. The number of fused-ring (bicyclic) bond motifs is 2. The Hall–Kier alpha value is -2.70. The van der Waals surface area contributed by atoms with E-state index >= 15 is 0 Å². The maximum atomic E-state index is 12.8. The fourth-order valence-corrected chi connectivity index (χ4v) is 4.10. The molecule has 0 aromatic carbocycles. The van der Waals surface area contributed by atoms with Crippen molar-refractivity contribution in [2.75, 3.05) is 0 Å². The van der Waals surface area contributed by atoms with Gasteiger partial charge in [-0.05, 0) is 31.9 Å². The highest BCUT2D eigenvalue weighted by Crippen LogP contribution is 2.37. The van der Waals surface area contributed by atoms with E-state index in [0.717, 1.165) is 31.4 Å². The second kappa shape index (κ2) is 6.90. The van der Waals surface area contributed by atoms with Gasteiger partial charge in [0.1, 0.15) is 18.4 Å². The molecule has 2 aromatic rings. The van der Waals surface area contributed by atoms with Gasteiger partial charge in [-0.1, -0.05) is 0 Å². The molecule has 26 heavy (non-hydrogen) atoms. The summed E-state index contributed by atoms with van der Waals surface area (Å²) in [6.07, 6.45) is 8.61. The molecule has 0 N–H and O–H groups in total. The van der Waals surface area contributed by atoms with Crippen molar-refractivity contribution in [3.63, 3.8) is 0 Å². The highest BCUT2D eigenvalue weighted by Gasteiger charge is 2.43. The number of aromatic nitrogens is 3. The maximum absolute atomic E-state index is 12.8. The lowest BCUT2D eigenvalue weighted by molar-refractivity contribution is -0.137. The van der Waals surface area contributed by atoms with Crippen molar-refractivity contribution in [3.05, 3.63) is 53.0 Å². The number of amides is 1. The highest BCUT2D eigenvalue weighted by molar-refractivity contribution is 5.77. The second-order valence-corrected chi connectivity index (χ2v) is 7.08. The summed E-state index contributed by atoms with van der Waals surface area (Å²) in [5.74, 6) is 0.763. The first-order valence-electron chi connectivity index (χ1n) is 9.01. The molecule has 2 aliphatic rings. The van der Waals surface area contributed by atoms with E-state index in [1.165, 1.54) is 17.0 Å². The number of pyridine rings is 1. The van der Waals surface area contributed by atoms with Crippen LogP contribution in [0.4, 0.5) is 0 Å². The molecule has 2 fully saturated rings. The average molecular weight is 354 g/mol. The van der Waals surface area contributed by atoms with Crippen molar-refractivity contribution >= 4 is 5.91 Å². The minimum atomic E-state index is -0.187. The molecule has 4 rings (SSSR count). The van der Waals surface area contributed by atoms with Crippen molar-refractivity contribution in [3.8, 4) is 5.75 Å². The van der Waals surface area contributed by atoms with E-state index in [9.17, 15) is 9.59 Å². The van der Waals surface area contributed by atoms with E-state index in [4.69, 9.17) is 4.74 Å². The molecule has 0 aliphatic carbocycles. The van der Waals surface area contributed by atoms with Crippen LogP contribution in [-0.2, 0) is 11.3 Å². The summed E-state index contributed by atoms with van der Waals surface area (Å²) >= 11 is 0. The standard InChI is InChI=1S/C19H22N4O3/c1-13-7-18(24)22(12-21-13)11-19(25)23-14-4-5-15(23)9-17(8-14)26-16-3-2-6-20-10-16/h2-3,6-7,10,12,14-15,17H,4-5,8-9,11H2,1H3. The van der Waals surface area contributed by atoms with Crippen LogP contribution in [0.15, 0.2) is 41.7 Å². The smallest absolute Gasteiger partial charge is 0.253 e. The van der Waals surface area contributed by atoms with E-state index in [0.29, 0.717) is 5.69 Å². The zero-order chi connectivity index (χ0) is 18.1. The lowest BCUT2D eigenvalue weighted by atomic mass is 9.99. The van der Waals surface area contributed by atoms with Gasteiger partial charge in [0.05, 0.1) is 12.5 Å². The third-order valence-corrected chi connectivity index (χ3v) is 5.24. The van der Waals surface area contributed by atoms with Crippen LogP contribution >= 0.6 is 0 Å². The Labute approximate surface area is 151 Å². The van der Waals surface area contributed by atoms with Gasteiger partial charge in [0.2, 0.25) is 5.91 Å². The average Bonchev–Trinajstić information content (AvgIpc) is 2.89. The zero-order valence-corrected chi connectivity index (χ0v) is 14.7. The first-order valence-corrected chi connectivity index (χ1v) is 9.01. The molecule has 2 atom stereocenters. The summed E-state index contributed by atoms with van der Waals surface area (Å²) in [5.41, 5.74) is 0.472. The van der Waals surface area contributed by atoms with Crippen LogP contribution in [0.1, 0.15) is 31.4 Å². The number of aryl methyl sites for hydroxylation is 1. The van der Waals surface area contributed by atoms with Gasteiger partial charge in [-0.2, -0.15) is 0 Å². The molecule has 2 saturated heterocycles. The van der Waals surface area contributed by atoms with Gasteiger partial charge in [-0.25, -0.2) is 4.98 Å². The van der Waals surface area contributed by atoms with E-state index in [1.54, 1.807) is 19.3 Å². The van der Waals surface area contributed by atoms with Crippen LogP contribution in [0.3, 0.4) is 0 Å². The fourth-order valence-electron chi connectivity index (χ4n) is 4.10.